The van der Waals surface area contributed by atoms with E-state index in [1.54, 1.807) is 48.7 Å². The second kappa shape index (κ2) is 8.44. The summed E-state index contributed by atoms with van der Waals surface area (Å²) in [5.74, 6) is -0.663. The van der Waals surface area contributed by atoms with Crippen LogP contribution in [0.2, 0.25) is 0 Å². The van der Waals surface area contributed by atoms with E-state index in [1.165, 1.54) is 22.8 Å². The molecule has 0 bridgehead atoms. The van der Waals surface area contributed by atoms with Gasteiger partial charge in [0.15, 0.2) is 5.65 Å². The fraction of sp³-hybridized carbons (Fsp3) is 0.0370. The van der Waals surface area contributed by atoms with Gasteiger partial charge in [0.05, 0.1) is 33.4 Å². The third-order valence-electron chi connectivity index (χ3n) is 6.19. The van der Waals surface area contributed by atoms with Crippen molar-refractivity contribution in [3.8, 4) is 28.2 Å². The molecule has 11 heteroatoms. The van der Waals surface area contributed by atoms with Crippen molar-refractivity contribution in [1.82, 2.24) is 24.5 Å². The molecule has 0 unspecified atom stereocenters. The summed E-state index contributed by atoms with van der Waals surface area (Å²) in [4.78, 5) is 38.5. The van der Waals surface area contributed by atoms with E-state index in [0.29, 0.717) is 44.9 Å². The zero-order valence-corrected chi connectivity index (χ0v) is 19.2. The summed E-state index contributed by atoms with van der Waals surface area (Å²) in [7, 11) is 0. The van der Waals surface area contributed by atoms with Gasteiger partial charge in [-0.3, -0.25) is 9.55 Å². The molecule has 6 aromatic rings. The lowest BCUT2D eigenvalue weighted by Gasteiger charge is -2.07. The van der Waals surface area contributed by atoms with Crippen molar-refractivity contribution >= 4 is 28.2 Å². The van der Waals surface area contributed by atoms with Crippen LogP contribution in [0.1, 0.15) is 15.9 Å². The first-order valence-electron chi connectivity index (χ1n) is 11.3. The Kier molecular flexibility index (Phi) is 5.16. The first-order valence-corrected chi connectivity index (χ1v) is 11.3. The van der Waals surface area contributed by atoms with Crippen molar-refractivity contribution in [2.75, 3.05) is 0 Å². The van der Waals surface area contributed by atoms with Crippen LogP contribution in [0, 0.1) is 0 Å². The Hall–Kier alpha value is -5.19. The van der Waals surface area contributed by atoms with Gasteiger partial charge in [-0.1, -0.05) is 12.1 Å². The second-order valence-corrected chi connectivity index (χ2v) is 8.61. The minimum atomic E-state index is -4.46. The first kappa shape index (κ1) is 23.2. The number of carbonyl (C=O) groups is 1. The van der Waals surface area contributed by atoms with Gasteiger partial charge in [-0.05, 0) is 66.2 Å². The standard InChI is InChI=1S/C27H16F3N5O3/c28-27(29,30)18-6-9-20-21(12-18)33-23(32-20)14-4-7-19(8-5-14)35-22-11-17(13-31-24(22)34-26(35)38)15-2-1-3-16(10-15)25(36)37/h1-13H,(H,32,33)(H,36,37)(H,31,34,38). The molecule has 3 aromatic heterocycles. The minimum Gasteiger partial charge on any atom is -0.478 e. The third kappa shape index (κ3) is 3.99. The monoisotopic (exact) mass is 515 g/mol. The molecule has 3 aromatic carbocycles. The molecule has 3 N–H and O–H groups in total. The van der Waals surface area contributed by atoms with Crippen LogP contribution in [0.4, 0.5) is 13.2 Å². The lowest BCUT2D eigenvalue weighted by Crippen LogP contribution is -2.14. The molecule has 0 spiro atoms. The zero-order chi connectivity index (χ0) is 26.6. The van der Waals surface area contributed by atoms with E-state index < -0.39 is 23.4 Å². The summed E-state index contributed by atoms with van der Waals surface area (Å²) in [6.45, 7) is 0. The molecule has 188 valence electrons. The van der Waals surface area contributed by atoms with Crippen LogP contribution in [0.25, 0.3) is 50.4 Å². The Morgan fingerprint density at radius 2 is 1.68 bits per heavy atom. The highest BCUT2D eigenvalue weighted by Crippen LogP contribution is 2.32. The molecule has 0 radical (unpaired) electrons. The molecule has 38 heavy (non-hydrogen) atoms. The number of nitrogens with zero attached hydrogens (tertiary/aromatic N) is 3. The summed E-state index contributed by atoms with van der Waals surface area (Å²) in [6.07, 6.45) is -2.90. The summed E-state index contributed by atoms with van der Waals surface area (Å²) in [5.41, 5.74) is 2.86. The van der Waals surface area contributed by atoms with Gasteiger partial charge in [0.1, 0.15) is 5.82 Å². The average Bonchev–Trinajstić information content (AvgIpc) is 3.47. The number of pyridine rings is 1. The van der Waals surface area contributed by atoms with Crippen molar-refractivity contribution in [1.29, 1.82) is 0 Å². The number of carboxylic acids is 1. The highest BCUT2D eigenvalue weighted by atomic mass is 19.4. The molecule has 0 aliphatic heterocycles. The number of benzene rings is 3. The van der Waals surface area contributed by atoms with Crippen LogP contribution in [0.3, 0.4) is 0 Å². The van der Waals surface area contributed by atoms with E-state index in [1.807, 2.05) is 0 Å². The summed E-state index contributed by atoms with van der Waals surface area (Å²) >= 11 is 0. The molecule has 0 saturated heterocycles. The number of carboxylic acid groups (broad SMARTS) is 1. The van der Waals surface area contributed by atoms with Gasteiger partial charge >= 0.3 is 17.8 Å². The lowest BCUT2D eigenvalue weighted by molar-refractivity contribution is -0.137. The molecule has 0 saturated carbocycles. The Balaban J connectivity index is 1.38. The Labute approximate surface area is 211 Å². The van der Waals surface area contributed by atoms with Crippen LogP contribution in [0.5, 0.6) is 0 Å². The molecule has 0 aliphatic rings. The molecule has 0 atom stereocenters. The average molecular weight is 515 g/mol. The summed E-state index contributed by atoms with van der Waals surface area (Å²) in [6, 6.07) is 18.3. The van der Waals surface area contributed by atoms with Gasteiger partial charge in [-0.15, -0.1) is 0 Å². The SMILES string of the molecule is O=C(O)c1cccc(-c2cnc3[nH]c(=O)n(-c4ccc(-c5nc6ccc(C(F)(F)F)cc6[nH]5)cc4)c3c2)c1. The first-order chi connectivity index (χ1) is 18.2. The number of aromatic nitrogens is 5. The number of rotatable bonds is 4. The zero-order valence-electron chi connectivity index (χ0n) is 19.2. The maximum absolute atomic E-state index is 13.0. The smallest absolute Gasteiger partial charge is 0.416 e. The number of hydrogen-bond donors (Lipinski definition) is 3. The van der Waals surface area contributed by atoms with Crippen LogP contribution >= 0.6 is 0 Å². The Bertz CT molecular complexity index is 1920. The molecule has 6 rings (SSSR count). The van der Waals surface area contributed by atoms with Crippen molar-refractivity contribution in [3.63, 3.8) is 0 Å². The highest BCUT2D eigenvalue weighted by Gasteiger charge is 2.30. The van der Waals surface area contributed by atoms with Crippen molar-refractivity contribution in [3.05, 3.63) is 101 Å². The van der Waals surface area contributed by atoms with Gasteiger partial charge in [-0.25, -0.2) is 19.6 Å². The number of H-pyrrole nitrogens is 2. The molecule has 3 heterocycles. The van der Waals surface area contributed by atoms with Gasteiger partial charge in [-0.2, -0.15) is 13.2 Å². The number of imidazole rings is 2. The maximum Gasteiger partial charge on any atom is 0.416 e. The Morgan fingerprint density at radius 3 is 2.42 bits per heavy atom. The van der Waals surface area contributed by atoms with Crippen LogP contribution < -0.4 is 5.69 Å². The third-order valence-corrected chi connectivity index (χ3v) is 6.19. The maximum atomic E-state index is 13.0. The minimum absolute atomic E-state index is 0.130. The summed E-state index contributed by atoms with van der Waals surface area (Å²) in [5, 5.41) is 9.30. The number of fused-ring (bicyclic) bond motifs is 2. The number of nitrogens with one attached hydrogen (secondary N) is 2. The normalized spacial score (nSPS) is 11.9. The molecule has 0 amide bonds. The topological polar surface area (TPSA) is 117 Å². The molecule has 0 fully saturated rings. The van der Waals surface area contributed by atoms with Gasteiger partial charge in [0, 0.05) is 17.3 Å². The quantitative estimate of drug-likeness (QED) is 0.281. The number of hydrogen-bond acceptors (Lipinski definition) is 4. The van der Waals surface area contributed by atoms with E-state index in [9.17, 15) is 27.9 Å². The van der Waals surface area contributed by atoms with E-state index in [2.05, 4.69) is 19.9 Å². The second-order valence-electron chi connectivity index (χ2n) is 8.61. The highest BCUT2D eigenvalue weighted by molar-refractivity contribution is 5.90. The fourth-order valence-corrected chi connectivity index (χ4v) is 4.32. The predicted molar refractivity (Wildman–Crippen MR) is 134 cm³/mol. The predicted octanol–water partition coefficient (Wildman–Crippen LogP) is 5.64. The molecular weight excluding hydrogens is 499 g/mol. The van der Waals surface area contributed by atoms with Crippen molar-refractivity contribution in [2.24, 2.45) is 0 Å². The van der Waals surface area contributed by atoms with Crippen LogP contribution in [-0.4, -0.2) is 35.6 Å². The van der Waals surface area contributed by atoms with Gasteiger partial charge in [0.2, 0.25) is 0 Å². The largest absolute Gasteiger partial charge is 0.478 e. The lowest BCUT2D eigenvalue weighted by atomic mass is 10.0. The van der Waals surface area contributed by atoms with E-state index in [4.69, 9.17) is 0 Å². The van der Waals surface area contributed by atoms with Gasteiger partial charge in [0.25, 0.3) is 0 Å². The van der Waals surface area contributed by atoms with Crippen molar-refractivity contribution in [2.45, 2.75) is 6.18 Å². The molecular formula is C27H16F3N5O3. The number of aromatic amines is 2. The molecule has 8 nitrogen and oxygen atoms in total. The Morgan fingerprint density at radius 1 is 0.895 bits per heavy atom. The van der Waals surface area contributed by atoms with Crippen molar-refractivity contribution < 1.29 is 23.1 Å². The van der Waals surface area contributed by atoms with E-state index >= 15 is 0 Å². The number of aromatic carboxylic acids is 1. The van der Waals surface area contributed by atoms with Crippen LogP contribution in [0.15, 0.2) is 83.8 Å². The number of halogens is 3. The van der Waals surface area contributed by atoms with Crippen LogP contribution in [-0.2, 0) is 6.18 Å². The van der Waals surface area contributed by atoms with Gasteiger partial charge < -0.3 is 10.1 Å². The molecule has 0 aliphatic carbocycles. The number of alkyl halides is 3. The summed E-state index contributed by atoms with van der Waals surface area (Å²) < 4.78 is 40.6. The van der Waals surface area contributed by atoms with E-state index in [-0.39, 0.29) is 11.1 Å². The van der Waals surface area contributed by atoms with E-state index in [0.717, 1.165) is 12.1 Å². The fourth-order valence-electron chi connectivity index (χ4n) is 4.32.